The first-order chi connectivity index (χ1) is 11.1. The Hall–Kier alpha value is -2.40. The largest absolute Gasteiger partial charge is 0.465 e. The van der Waals surface area contributed by atoms with E-state index in [-0.39, 0.29) is 12.5 Å². The summed E-state index contributed by atoms with van der Waals surface area (Å²) in [7, 11) is 0. The van der Waals surface area contributed by atoms with E-state index in [9.17, 15) is 4.79 Å². The van der Waals surface area contributed by atoms with Crippen LogP contribution in [0.2, 0.25) is 5.15 Å². The Morgan fingerprint density at radius 2 is 1.91 bits per heavy atom. The van der Waals surface area contributed by atoms with Gasteiger partial charge in [-0.05, 0) is 26.0 Å². The Bertz CT molecular complexity index is 856. The highest BCUT2D eigenvalue weighted by Crippen LogP contribution is 2.25. The lowest BCUT2D eigenvalue weighted by molar-refractivity contribution is -0.143. The zero-order valence-electron chi connectivity index (χ0n) is 12.9. The van der Waals surface area contributed by atoms with Crippen LogP contribution >= 0.6 is 11.6 Å². The average molecular weight is 330 g/mol. The van der Waals surface area contributed by atoms with Gasteiger partial charge in [0.05, 0.1) is 6.61 Å². The van der Waals surface area contributed by atoms with Gasteiger partial charge >= 0.3 is 5.97 Å². The Morgan fingerprint density at radius 1 is 1.17 bits per heavy atom. The first kappa shape index (κ1) is 15.5. The number of benzene rings is 1. The fourth-order valence-electron chi connectivity index (χ4n) is 2.39. The molecule has 0 radical (unpaired) electrons. The summed E-state index contributed by atoms with van der Waals surface area (Å²) < 4.78 is 6.80. The highest BCUT2D eigenvalue weighted by Gasteiger charge is 2.17. The lowest BCUT2D eigenvalue weighted by Crippen LogP contribution is -2.14. The van der Waals surface area contributed by atoms with Crippen LogP contribution in [0.25, 0.3) is 22.6 Å². The molecule has 3 aromatic rings. The predicted octanol–water partition coefficient (Wildman–Crippen LogP) is 3.62. The van der Waals surface area contributed by atoms with E-state index < -0.39 is 0 Å². The molecule has 0 saturated heterocycles. The van der Waals surface area contributed by atoms with Crippen LogP contribution in [0.5, 0.6) is 0 Å². The zero-order valence-corrected chi connectivity index (χ0v) is 13.7. The molecule has 6 heteroatoms. The van der Waals surface area contributed by atoms with Crippen LogP contribution in [-0.2, 0) is 16.1 Å². The number of ether oxygens (including phenoxy) is 1. The van der Waals surface area contributed by atoms with Gasteiger partial charge < -0.3 is 4.74 Å². The quantitative estimate of drug-likeness (QED) is 0.542. The van der Waals surface area contributed by atoms with Crippen LogP contribution in [0, 0.1) is 6.92 Å². The second kappa shape index (κ2) is 6.38. The highest BCUT2D eigenvalue weighted by atomic mass is 35.5. The molecule has 0 atom stereocenters. The summed E-state index contributed by atoms with van der Waals surface area (Å²) in [6.45, 7) is 4.17. The molecule has 0 N–H and O–H groups in total. The van der Waals surface area contributed by atoms with Gasteiger partial charge in [-0.3, -0.25) is 9.36 Å². The molecule has 0 bridgehead atoms. The van der Waals surface area contributed by atoms with Crippen molar-refractivity contribution in [1.82, 2.24) is 14.5 Å². The minimum atomic E-state index is -0.332. The summed E-state index contributed by atoms with van der Waals surface area (Å²) >= 11 is 6.00. The van der Waals surface area contributed by atoms with Gasteiger partial charge in [0.25, 0.3) is 0 Å². The lowest BCUT2D eigenvalue weighted by atomic mass is 10.1. The maximum atomic E-state index is 11.9. The summed E-state index contributed by atoms with van der Waals surface area (Å²) in [4.78, 5) is 20.9. The van der Waals surface area contributed by atoms with Crippen LogP contribution in [0.15, 0.2) is 36.4 Å². The number of hydrogen-bond donors (Lipinski definition) is 0. The molecule has 0 fully saturated rings. The second-order valence-electron chi connectivity index (χ2n) is 5.17. The molecule has 0 unspecified atom stereocenters. The minimum Gasteiger partial charge on any atom is -0.465 e. The van der Waals surface area contributed by atoms with Crippen molar-refractivity contribution in [3.63, 3.8) is 0 Å². The summed E-state index contributed by atoms with van der Waals surface area (Å²) in [6, 6.07) is 11.4. The first-order valence-corrected chi connectivity index (χ1v) is 7.71. The van der Waals surface area contributed by atoms with E-state index in [0.29, 0.717) is 28.7 Å². The molecule has 118 valence electrons. The Balaban J connectivity index is 2.15. The van der Waals surface area contributed by atoms with Gasteiger partial charge in [0, 0.05) is 5.56 Å². The van der Waals surface area contributed by atoms with Crippen LogP contribution in [0.3, 0.4) is 0 Å². The molecule has 0 saturated carbocycles. The topological polar surface area (TPSA) is 57.0 Å². The number of hydrogen-bond acceptors (Lipinski definition) is 4. The third-order valence-electron chi connectivity index (χ3n) is 3.46. The number of aromatic nitrogens is 3. The van der Waals surface area contributed by atoms with Crippen molar-refractivity contribution in [1.29, 1.82) is 0 Å². The molecule has 0 spiro atoms. The van der Waals surface area contributed by atoms with Crippen molar-refractivity contribution in [3.8, 4) is 11.4 Å². The molecule has 0 aliphatic heterocycles. The van der Waals surface area contributed by atoms with Crippen molar-refractivity contribution in [2.45, 2.75) is 20.4 Å². The van der Waals surface area contributed by atoms with E-state index in [1.807, 2.05) is 31.2 Å². The second-order valence-corrected chi connectivity index (χ2v) is 5.56. The molecule has 2 aromatic heterocycles. The van der Waals surface area contributed by atoms with Crippen LogP contribution < -0.4 is 0 Å². The molecule has 0 aliphatic rings. The maximum absolute atomic E-state index is 11.9. The van der Waals surface area contributed by atoms with Gasteiger partial charge in [0.15, 0.2) is 5.65 Å². The van der Waals surface area contributed by atoms with E-state index >= 15 is 0 Å². The van der Waals surface area contributed by atoms with Gasteiger partial charge in [0.2, 0.25) is 0 Å². The van der Waals surface area contributed by atoms with E-state index in [1.54, 1.807) is 23.6 Å². The summed E-state index contributed by atoms with van der Waals surface area (Å²) in [5.74, 6) is 0.338. The number of aryl methyl sites for hydroxylation is 1. The molecule has 0 amide bonds. The molecule has 3 rings (SSSR count). The molecular weight excluding hydrogens is 314 g/mol. The van der Waals surface area contributed by atoms with Crippen molar-refractivity contribution in [2.24, 2.45) is 0 Å². The van der Waals surface area contributed by atoms with Gasteiger partial charge in [0.1, 0.15) is 23.0 Å². The molecule has 0 aliphatic carbocycles. The monoisotopic (exact) mass is 329 g/mol. The van der Waals surface area contributed by atoms with Gasteiger partial charge in [-0.1, -0.05) is 41.4 Å². The molecule has 1 aromatic carbocycles. The van der Waals surface area contributed by atoms with Crippen molar-refractivity contribution < 1.29 is 9.53 Å². The molecule has 23 heavy (non-hydrogen) atoms. The van der Waals surface area contributed by atoms with Crippen molar-refractivity contribution in [3.05, 3.63) is 47.1 Å². The number of imidazole rings is 1. The fourth-order valence-corrected chi connectivity index (χ4v) is 2.53. The summed E-state index contributed by atoms with van der Waals surface area (Å²) in [5, 5.41) is 0.359. The first-order valence-electron chi connectivity index (χ1n) is 7.34. The fraction of sp³-hybridized carbons (Fsp3) is 0.235. The van der Waals surface area contributed by atoms with Crippen LogP contribution in [-0.4, -0.2) is 27.1 Å². The van der Waals surface area contributed by atoms with Crippen LogP contribution in [0.4, 0.5) is 0 Å². The number of rotatable bonds is 4. The van der Waals surface area contributed by atoms with E-state index in [4.69, 9.17) is 16.3 Å². The van der Waals surface area contributed by atoms with Crippen LogP contribution in [0.1, 0.15) is 12.5 Å². The Kier molecular flexibility index (Phi) is 4.30. The Labute approximate surface area is 138 Å². The van der Waals surface area contributed by atoms with E-state index in [0.717, 1.165) is 11.1 Å². The van der Waals surface area contributed by atoms with Gasteiger partial charge in [-0.15, -0.1) is 0 Å². The van der Waals surface area contributed by atoms with Crippen molar-refractivity contribution in [2.75, 3.05) is 6.61 Å². The lowest BCUT2D eigenvalue weighted by Gasteiger charge is -2.08. The third kappa shape index (κ3) is 3.19. The van der Waals surface area contributed by atoms with Gasteiger partial charge in [-0.2, -0.15) is 0 Å². The van der Waals surface area contributed by atoms with Crippen molar-refractivity contribution >= 4 is 28.7 Å². The summed E-state index contributed by atoms with van der Waals surface area (Å²) in [6.07, 6.45) is 0. The summed E-state index contributed by atoms with van der Waals surface area (Å²) in [5.41, 5.74) is 3.33. The van der Waals surface area contributed by atoms with E-state index in [2.05, 4.69) is 9.97 Å². The Morgan fingerprint density at radius 3 is 2.61 bits per heavy atom. The van der Waals surface area contributed by atoms with E-state index in [1.165, 1.54) is 0 Å². The molecule has 2 heterocycles. The minimum absolute atomic E-state index is 0.0426. The smallest absolute Gasteiger partial charge is 0.326 e. The number of esters is 1. The number of pyridine rings is 1. The predicted molar refractivity (Wildman–Crippen MR) is 89.3 cm³/mol. The van der Waals surface area contributed by atoms with Gasteiger partial charge in [-0.25, -0.2) is 9.97 Å². The maximum Gasteiger partial charge on any atom is 0.326 e. The zero-order chi connectivity index (χ0) is 16.4. The number of halogens is 1. The number of fused-ring (bicyclic) bond motifs is 1. The normalized spacial score (nSPS) is 10.9. The molecule has 5 nitrogen and oxygen atoms in total. The standard InChI is InChI=1S/C17H16ClN3O2/c1-3-23-15(22)10-21-16(12-6-4-11(2)5-7-12)19-13-8-9-14(18)20-17(13)21/h4-9H,3,10H2,1-2H3. The number of nitrogens with zero attached hydrogens (tertiary/aromatic N) is 3. The highest BCUT2D eigenvalue weighted by molar-refractivity contribution is 6.29. The number of carbonyl (C=O) groups excluding carboxylic acids is 1. The number of carbonyl (C=O) groups is 1. The molecular formula is C17H16ClN3O2. The SMILES string of the molecule is CCOC(=O)Cn1c(-c2ccc(C)cc2)nc2ccc(Cl)nc21. The average Bonchev–Trinajstić information content (AvgIpc) is 2.86. The third-order valence-corrected chi connectivity index (χ3v) is 3.67.